The molecule has 0 aromatic heterocycles. The molecule has 0 heterocycles. The summed E-state index contributed by atoms with van der Waals surface area (Å²) >= 11 is 3.17. The summed E-state index contributed by atoms with van der Waals surface area (Å²) in [7, 11) is 1.63. The molecular weight excluding hydrogens is 389 g/mol. The molecule has 0 bridgehead atoms. The fourth-order valence-electron chi connectivity index (χ4n) is 2.21. The number of amides is 1. The van der Waals surface area contributed by atoms with Crippen LogP contribution in [-0.2, 0) is 22.5 Å². The van der Waals surface area contributed by atoms with Crippen LogP contribution in [0, 0.1) is 5.82 Å². The van der Waals surface area contributed by atoms with Crippen LogP contribution >= 0.6 is 15.9 Å². The van der Waals surface area contributed by atoms with Crippen molar-refractivity contribution in [1.82, 2.24) is 4.90 Å². The van der Waals surface area contributed by atoms with Gasteiger partial charge in [-0.05, 0) is 35.7 Å². The van der Waals surface area contributed by atoms with Crippen molar-refractivity contribution in [2.45, 2.75) is 19.9 Å². The van der Waals surface area contributed by atoms with Gasteiger partial charge in [-0.2, -0.15) is 0 Å². The molecule has 4 nitrogen and oxygen atoms in total. The van der Waals surface area contributed by atoms with Gasteiger partial charge in [0.15, 0.2) is 6.61 Å². The summed E-state index contributed by atoms with van der Waals surface area (Å²) in [6.07, 6.45) is 0.956. The van der Waals surface area contributed by atoms with Crippen LogP contribution in [0.3, 0.4) is 0 Å². The van der Waals surface area contributed by atoms with E-state index in [2.05, 4.69) is 22.9 Å². The average molecular weight is 408 g/mol. The zero-order valence-electron chi connectivity index (χ0n) is 14.1. The third-order valence-corrected chi connectivity index (χ3v) is 4.25. The molecule has 0 radical (unpaired) electrons. The maximum atomic E-state index is 13.6. The van der Waals surface area contributed by atoms with Gasteiger partial charge >= 0.3 is 5.97 Å². The molecule has 25 heavy (non-hydrogen) atoms. The number of nitrogens with zero attached hydrogens (tertiary/aromatic N) is 1. The number of esters is 1. The Bertz CT molecular complexity index is 762. The van der Waals surface area contributed by atoms with Gasteiger partial charge in [0.25, 0.3) is 5.91 Å². The van der Waals surface area contributed by atoms with Crippen LogP contribution in [-0.4, -0.2) is 30.4 Å². The maximum Gasteiger partial charge on any atom is 0.341 e. The molecule has 0 N–H and O–H groups in total. The molecule has 6 heteroatoms. The molecular formula is C19H19BrFNO3. The van der Waals surface area contributed by atoms with Gasteiger partial charge in [-0.1, -0.05) is 47.1 Å². The quantitative estimate of drug-likeness (QED) is 0.680. The Morgan fingerprint density at radius 3 is 2.40 bits per heavy atom. The lowest BCUT2D eigenvalue weighted by Crippen LogP contribution is -2.31. The Morgan fingerprint density at radius 2 is 1.76 bits per heavy atom. The van der Waals surface area contributed by atoms with Crippen molar-refractivity contribution in [2.24, 2.45) is 0 Å². The fourth-order valence-corrected chi connectivity index (χ4v) is 2.57. The predicted molar refractivity (Wildman–Crippen MR) is 96.7 cm³/mol. The summed E-state index contributed by atoms with van der Waals surface area (Å²) in [6, 6.07) is 11.9. The number of halogens is 2. The first kappa shape index (κ1) is 19.1. The maximum absolute atomic E-state index is 13.6. The number of aryl methyl sites for hydroxylation is 1. The summed E-state index contributed by atoms with van der Waals surface area (Å²) in [4.78, 5) is 25.5. The van der Waals surface area contributed by atoms with Crippen LogP contribution < -0.4 is 0 Å². The van der Waals surface area contributed by atoms with E-state index in [1.54, 1.807) is 7.05 Å². The third kappa shape index (κ3) is 5.39. The first-order valence-corrected chi connectivity index (χ1v) is 8.64. The molecule has 0 fully saturated rings. The molecule has 0 unspecified atom stereocenters. The molecule has 0 spiro atoms. The van der Waals surface area contributed by atoms with Crippen molar-refractivity contribution in [3.8, 4) is 0 Å². The van der Waals surface area contributed by atoms with Crippen LogP contribution in [0.4, 0.5) is 4.39 Å². The highest BCUT2D eigenvalue weighted by molar-refractivity contribution is 9.10. The smallest absolute Gasteiger partial charge is 0.341 e. The second-order valence-corrected chi connectivity index (χ2v) is 6.54. The molecule has 2 aromatic rings. The molecule has 0 aliphatic heterocycles. The van der Waals surface area contributed by atoms with E-state index < -0.39 is 18.4 Å². The van der Waals surface area contributed by atoms with Crippen molar-refractivity contribution in [2.75, 3.05) is 13.7 Å². The number of benzene rings is 2. The van der Waals surface area contributed by atoms with Crippen molar-refractivity contribution in [3.63, 3.8) is 0 Å². The van der Waals surface area contributed by atoms with E-state index in [1.807, 2.05) is 24.3 Å². The number of hydrogen-bond donors (Lipinski definition) is 0. The zero-order valence-corrected chi connectivity index (χ0v) is 15.7. The largest absolute Gasteiger partial charge is 0.452 e. The lowest BCUT2D eigenvalue weighted by Gasteiger charge is -2.17. The van der Waals surface area contributed by atoms with E-state index in [0.717, 1.165) is 18.1 Å². The van der Waals surface area contributed by atoms with E-state index in [-0.39, 0.29) is 11.5 Å². The van der Waals surface area contributed by atoms with Crippen molar-refractivity contribution >= 4 is 27.8 Å². The van der Waals surface area contributed by atoms with E-state index in [9.17, 15) is 14.0 Å². The summed E-state index contributed by atoms with van der Waals surface area (Å²) in [5.74, 6) is -1.92. The van der Waals surface area contributed by atoms with Gasteiger partial charge in [0.2, 0.25) is 0 Å². The normalized spacial score (nSPS) is 10.4. The predicted octanol–water partition coefficient (Wildman–Crippen LogP) is 3.97. The Morgan fingerprint density at radius 1 is 1.12 bits per heavy atom. The van der Waals surface area contributed by atoms with Gasteiger partial charge in [0.1, 0.15) is 5.82 Å². The highest BCUT2D eigenvalue weighted by Gasteiger charge is 2.17. The minimum absolute atomic E-state index is 0.208. The summed E-state index contributed by atoms with van der Waals surface area (Å²) < 4.78 is 19.1. The first-order valence-electron chi connectivity index (χ1n) is 7.84. The number of ether oxygens (including phenoxy) is 1. The van der Waals surface area contributed by atoms with Gasteiger partial charge in [0.05, 0.1) is 5.56 Å². The summed E-state index contributed by atoms with van der Waals surface area (Å²) in [5, 5.41) is 0. The lowest BCUT2D eigenvalue weighted by atomic mass is 10.1. The molecule has 0 saturated carbocycles. The summed E-state index contributed by atoms with van der Waals surface area (Å²) in [6.45, 7) is 2.05. The van der Waals surface area contributed by atoms with Crippen LogP contribution in [0.15, 0.2) is 46.9 Å². The molecule has 0 saturated heterocycles. The zero-order chi connectivity index (χ0) is 18.4. The molecule has 0 atom stereocenters. The fraction of sp³-hybridized carbons (Fsp3) is 0.263. The Kier molecular flexibility index (Phi) is 6.70. The molecule has 0 aliphatic carbocycles. The van der Waals surface area contributed by atoms with Gasteiger partial charge in [-0.15, -0.1) is 0 Å². The topological polar surface area (TPSA) is 46.6 Å². The van der Waals surface area contributed by atoms with Crippen molar-refractivity contribution in [3.05, 3.63) is 69.4 Å². The first-order chi connectivity index (χ1) is 11.9. The highest BCUT2D eigenvalue weighted by atomic mass is 79.9. The number of carbonyl (C=O) groups is 2. The monoisotopic (exact) mass is 407 g/mol. The molecule has 2 rings (SSSR count). The van der Waals surface area contributed by atoms with Crippen LogP contribution in [0.5, 0.6) is 0 Å². The Hall–Kier alpha value is -2.21. The van der Waals surface area contributed by atoms with Gasteiger partial charge in [-0.25, -0.2) is 9.18 Å². The van der Waals surface area contributed by atoms with Crippen molar-refractivity contribution in [1.29, 1.82) is 0 Å². The Balaban J connectivity index is 1.90. The second-order valence-electron chi connectivity index (χ2n) is 5.62. The van der Waals surface area contributed by atoms with Gasteiger partial charge in [-0.3, -0.25) is 4.79 Å². The highest BCUT2D eigenvalue weighted by Crippen LogP contribution is 2.16. The minimum Gasteiger partial charge on any atom is -0.452 e. The second kappa shape index (κ2) is 8.76. The Labute approximate surface area is 154 Å². The van der Waals surface area contributed by atoms with Crippen LogP contribution in [0.1, 0.15) is 28.4 Å². The van der Waals surface area contributed by atoms with E-state index in [1.165, 1.54) is 22.6 Å². The molecule has 1 amide bonds. The molecule has 132 valence electrons. The van der Waals surface area contributed by atoms with Crippen molar-refractivity contribution < 1.29 is 18.7 Å². The molecule has 2 aromatic carbocycles. The minimum atomic E-state index is -0.868. The number of rotatable bonds is 6. The number of carbonyl (C=O) groups excluding carboxylic acids is 2. The van der Waals surface area contributed by atoms with Gasteiger partial charge < -0.3 is 9.64 Å². The third-order valence-electron chi connectivity index (χ3n) is 3.75. The van der Waals surface area contributed by atoms with E-state index >= 15 is 0 Å². The van der Waals surface area contributed by atoms with Crippen LogP contribution in [0.25, 0.3) is 0 Å². The number of likely N-dealkylation sites (N-methyl/N-ethyl adjacent to an activating group) is 1. The summed E-state index contributed by atoms with van der Waals surface area (Å²) in [5.41, 5.74) is 2.00. The lowest BCUT2D eigenvalue weighted by molar-refractivity contribution is -0.133. The van der Waals surface area contributed by atoms with Gasteiger partial charge in [0, 0.05) is 18.1 Å². The standard InChI is InChI=1S/C19H19BrFNO3/c1-3-13-4-6-14(7-5-13)11-22(2)18(23)12-25-19(24)16-10-15(20)8-9-17(16)21/h4-10H,3,11-12H2,1-2H3. The van der Waals surface area contributed by atoms with E-state index in [0.29, 0.717) is 11.0 Å². The van der Waals surface area contributed by atoms with E-state index in [4.69, 9.17) is 4.74 Å². The average Bonchev–Trinajstić information content (AvgIpc) is 2.62. The van der Waals surface area contributed by atoms with Crippen LogP contribution in [0.2, 0.25) is 0 Å². The number of hydrogen-bond acceptors (Lipinski definition) is 3. The SMILES string of the molecule is CCc1ccc(CN(C)C(=O)COC(=O)c2cc(Br)ccc2F)cc1. The molecule has 0 aliphatic rings.